The predicted octanol–water partition coefficient (Wildman–Crippen LogP) is 5.12. The molecule has 0 unspecified atom stereocenters. The highest BCUT2D eigenvalue weighted by Crippen LogP contribution is 2.50. The number of barbiturate groups is 1. The summed E-state index contributed by atoms with van der Waals surface area (Å²) in [6, 6.07) is 10.0. The van der Waals surface area contributed by atoms with Gasteiger partial charge in [0.2, 0.25) is 0 Å². The van der Waals surface area contributed by atoms with Crippen molar-refractivity contribution < 1.29 is 14.4 Å². The van der Waals surface area contributed by atoms with E-state index >= 15 is 0 Å². The number of imide groups is 2. The molecule has 0 radical (unpaired) electrons. The average molecular weight is 451 g/mol. The Kier molecular flexibility index (Phi) is 4.95. The third-order valence-corrected chi connectivity index (χ3v) is 6.44. The van der Waals surface area contributed by atoms with Gasteiger partial charge in [0.05, 0.1) is 5.02 Å². The monoisotopic (exact) mass is 450 g/mol. The highest BCUT2D eigenvalue weighted by Gasteiger charge is 2.45. The zero-order valence-electron chi connectivity index (χ0n) is 14.7. The molecule has 142 valence electrons. The van der Waals surface area contributed by atoms with Gasteiger partial charge in [-0.25, -0.2) is 4.79 Å². The summed E-state index contributed by atoms with van der Waals surface area (Å²) in [5.74, 6) is -1.30. The standard InChI is InChI=1S/C19H12Cl2N2O3S2/c1-27-22-17(24)16(18(25)23(28-2)19(22)26)15-11-6-4-3-5-10(11)14-12(15)7-9(20)8-13(14)21/h3-8H,1-2H3. The molecule has 4 amide bonds. The van der Waals surface area contributed by atoms with E-state index < -0.39 is 17.8 Å². The Morgan fingerprint density at radius 1 is 0.786 bits per heavy atom. The van der Waals surface area contributed by atoms with Gasteiger partial charge in [-0.1, -0.05) is 47.5 Å². The normalized spacial score (nSPS) is 16.1. The minimum Gasteiger partial charge on any atom is -0.267 e. The molecule has 0 aromatic heterocycles. The number of nitrogens with zero attached hydrogens (tertiary/aromatic N) is 2. The number of hydrogen-bond acceptors (Lipinski definition) is 5. The van der Waals surface area contributed by atoms with Crippen molar-refractivity contribution in [3.63, 3.8) is 0 Å². The number of fused-ring (bicyclic) bond motifs is 3. The Bertz CT molecular complexity index is 1070. The molecule has 0 saturated carbocycles. The summed E-state index contributed by atoms with van der Waals surface area (Å²) in [5, 5.41) is 0.825. The van der Waals surface area contributed by atoms with Crippen molar-refractivity contribution in [2.24, 2.45) is 0 Å². The third kappa shape index (κ3) is 2.69. The third-order valence-electron chi connectivity index (χ3n) is 4.55. The van der Waals surface area contributed by atoms with Crippen molar-refractivity contribution in [3.8, 4) is 11.1 Å². The number of urea groups is 1. The van der Waals surface area contributed by atoms with Crippen molar-refractivity contribution in [2.75, 3.05) is 12.5 Å². The van der Waals surface area contributed by atoms with E-state index in [1.807, 2.05) is 24.3 Å². The van der Waals surface area contributed by atoms with Gasteiger partial charge in [-0.2, -0.15) is 8.61 Å². The van der Waals surface area contributed by atoms with E-state index in [-0.39, 0.29) is 5.57 Å². The number of hydrogen-bond donors (Lipinski definition) is 0. The Labute approximate surface area is 179 Å². The number of carbonyl (C=O) groups is 3. The second-order valence-electron chi connectivity index (χ2n) is 5.95. The molecule has 0 N–H and O–H groups in total. The molecule has 4 rings (SSSR count). The molecule has 1 heterocycles. The molecule has 2 aliphatic rings. The molecule has 2 aromatic rings. The summed E-state index contributed by atoms with van der Waals surface area (Å²) in [6.07, 6.45) is 3.22. The number of rotatable bonds is 2. The lowest BCUT2D eigenvalue weighted by Crippen LogP contribution is -2.50. The topological polar surface area (TPSA) is 57.7 Å². The molecule has 1 aliphatic heterocycles. The van der Waals surface area contributed by atoms with Crippen LogP contribution < -0.4 is 0 Å². The van der Waals surface area contributed by atoms with Gasteiger partial charge in [-0.05, 0) is 52.7 Å². The second kappa shape index (κ2) is 7.15. The molecule has 1 fully saturated rings. The van der Waals surface area contributed by atoms with Gasteiger partial charge in [-0.3, -0.25) is 9.59 Å². The lowest BCUT2D eigenvalue weighted by Gasteiger charge is -2.31. The van der Waals surface area contributed by atoms with Crippen LogP contribution in [0.2, 0.25) is 10.0 Å². The summed E-state index contributed by atoms with van der Waals surface area (Å²) >= 11 is 14.6. The van der Waals surface area contributed by atoms with Gasteiger partial charge in [0.25, 0.3) is 11.8 Å². The molecule has 1 saturated heterocycles. The van der Waals surface area contributed by atoms with Gasteiger partial charge in [0.15, 0.2) is 0 Å². The lowest BCUT2D eigenvalue weighted by atomic mass is 9.96. The molecule has 5 nitrogen and oxygen atoms in total. The van der Waals surface area contributed by atoms with E-state index in [4.69, 9.17) is 23.2 Å². The number of halogens is 2. The molecular formula is C19H12Cl2N2O3S2. The fourth-order valence-corrected chi connectivity index (χ4v) is 5.10. The average Bonchev–Trinajstić information content (AvgIpc) is 2.97. The van der Waals surface area contributed by atoms with E-state index in [0.29, 0.717) is 32.3 Å². The first-order valence-electron chi connectivity index (χ1n) is 8.05. The van der Waals surface area contributed by atoms with Crippen molar-refractivity contribution in [1.82, 2.24) is 8.61 Å². The van der Waals surface area contributed by atoms with Crippen LogP contribution in [-0.2, 0) is 9.59 Å². The summed E-state index contributed by atoms with van der Waals surface area (Å²) < 4.78 is 1.96. The maximum atomic E-state index is 13.1. The first-order valence-corrected chi connectivity index (χ1v) is 11.2. The SMILES string of the molecule is CSN1C(=O)C(=C2c3ccccc3-c3c(Cl)cc(Cl)cc32)C(=O)N(SC)C1=O. The number of carbonyl (C=O) groups excluding carboxylic acids is 3. The zero-order valence-corrected chi connectivity index (χ0v) is 17.8. The summed E-state index contributed by atoms with van der Waals surface area (Å²) in [7, 11) is 0. The molecule has 0 bridgehead atoms. The van der Waals surface area contributed by atoms with Crippen molar-refractivity contribution in [3.05, 3.63) is 63.1 Å². The second-order valence-corrected chi connectivity index (χ2v) is 8.26. The van der Waals surface area contributed by atoms with Crippen molar-refractivity contribution >= 4 is 70.5 Å². The van der Waals surface area contributed by atoms with E-state index in [0.717, 1.165) is 38.1 Å². The van der Waals surface area contributed by atoms with E-state index in [1.165, 1.54) is 0 Å². The predicted molar refractivity (Wildman–Crippen MR) is 114 cm³/mol. The fraction of sp³-hybridized carbons (Fsp3) is 0.105. The largest absolute Gasteiger partial charge is 0.354 e. The van der Waals surface area contributed by atoms with Gasteiger partial charge >= 0.3 is 6.03 Å². The van der Waals surface area contributed by atoms with E-state index in [2.05, 4.69) is 0 Å². The van der Waals surface area contributed by atoms with Gasteiger partial charge in [0.1, 0.15) is 5.57 Å². The smallest absolute Gasteiger partial charge is 0.267 e. The lowest BCUT2D eigenvalue weighted by molar-refractivity contribution is -0.129. The van der Waals surface area contributed by atoms with Crippen LogP contribution in [0.1, 0.15) is 11.1 Å². The molecule has 28 heavy (non-hydrogen) atoms. The zero-order chi connectivity index (χ0) is 20.2. The molecule has 2 aromatic carbocycles. The summed E-state index contributed by atoms with van der Waals surface area (Å²) in [4.78, 5) is 38.7. The first-order chi connectivity index (χ1) is 13.4. The fourth-order valence-electron chi connectivity index (χ4n) is 3.46. The maximum Gasteiger partial charge on any atom is 0.354 e. The van der Waals surface area contributed by atoms with Crippen LogP contribution in [0.3, 0.4) is 0 Å². The maximum absolute atomic E-state index is 13.1. The molecule has 1 aliphatic carbocycles. The Hall–Kier alpha value is -1.93. The summed E-state index contributed by atoms with van der Waals surface area (Å²) in [6.45, 7) is 0. The highest BCUT2D eigenvalue weighted by molar-refractivity contribution is 7.98. The summed E-state index contributed by atoms with van der Waals surface area (Å²) in [5.41, 5.74) is 3.20. The quantitative estimate of drug-likeness (QED) is 0.308. The first kappa shape index (κ1) is 19.4. The van der Waals surface area contributed by atoms with Gasteiger partial charge in [0, 0.05) is 28.7 Å². The Balaban J connectivity index is 2.10. The molecule has 0 atom stereocenters. The van der Waals surface area contributed by atoms with Crippen LogP contribution in [0.4, 0.5) is 4.79 Å². The minimum atomic E-state index is -0.671. The van der Waals surface area contributed by atoms with Gasteiger partial charge in [-0.15, -0.1) is 0 Å². The minimum absolute atomic E-state index is 0.0761. The number of amides is 4. The number of benzene rings is 2. The van der Waals surface area contributed by atoms with Crippen LogP contribution in [0.5, 0.6) is 0 Å². The van der Waals surface area contributed by atoms with Crippen molar-refractivity contribution in [2.45, 2.75) is 0 Å². The Morgan fingerprint density at radius 3 is 1.93 bits per heavy atom. The molecular weight excluding hydrogens is 439 g/mol. The van der Waals surface area contributed by atoms with E-state index in [9.17, 15) is 14.4 Å². The van der Waals surface area contributed by atoms with Gasteiger partial charge < -0.3 is 0 Å². The van der Waals surface area contributed by atoms with Crippen LogP contribution >= 0.6 is 47.1 Å². The molecule has 0 spiro atoms. The highest BCUT2D eigenvalue weighted by atomic mass is 35.5. The van der Waals surface area contributed by atoms with Crippen LogP contribution in [0.25, 0.3) is 16.7 Å². The molecule has 9 heteroatoms. The van der Waals surface area contributed by atoms with Crippen molar-refractivity contribution in [1.29, 1.82) is 0 Å². The van der Waals surface area contributed by atoms with Crippen LogP contribution in [0, 0.1) is 0 Å². The van der Waals surface area contributed by atoms with E-state index in [1.54, 1.807) is 24.6 Å². The van der Waals surface area contributed by atoms with Crippen LogP contribution in [-0.4, -0.2) is 39.0 Å². The van der Waals surface area contributed by atoms with Crippen LogP contribution in [0.15, 0.2) is 42.0 Å². The Morgan fingerprint density at radius 2 is 1.36 bits per heavy atom.